The van der Waals surface area contributed by atoms with Crippen LogP contribution in [0.1, 0.15) is 19.4 Å². The molecule has 4 nitrogen and oxygen atoms in total. The first-order chi connectivity index (χ1) is 8.47. The number of para-hydroxylation sites is 1. The summed E-state index contributed by atoms with van der Waals surface area (Å²) in [5, 5.41) is 1.54. The monoisotopic (exact) mass is 268 g/mol. The van der Waals surface area contributed by atoms with Crippen LogP contribution in [0.5, 0.6) is 0 Å². The molecule has 0 aromatic heterocycles. The van der Waals surface area contributed by atoms with Crippen LogP contribution >= 0.6 is 11.6 Å². The highest BCUT2D eigenvalue weighted by atomic mass is 35.5. The van der Waals surface area contributed by atoms with E-state index in [2.05, 4.69) is 5.32 Å². The zero-order valence-corrected chi connectivity index (χ0v) is 11.5. The van der Waals surface area contributed by atoms with Crippen LogP contribution < -0.4 is 10.2 Å². The molecule has 0 saturated carbocycles. The van der Waals surface area contributed by atoms with Crippen LogP contribution in [0.4, 0.5) is 10.5 Å². The maximum absolute atomic E-state index is 12.0. The van der Waals surface area contributed by atoms with Crippen molar-refractivity contribution >= 4 is 29.2 Å². The van der Waals surface area contributed by atoms with Crippen molar-refractivity contribution in [3.8, 4) is 0 Å². The summed E-state index contributed by atoms with van der Waals surface area (Å²) < 4.78 is 0. The molecule has 1 atom stereocenters. The lowest BCUT2D eigenvalue weighted by atomic mass is 10.2. The fourth-order valence-corrected chi connectivity index (χ4v) is 1.62. The second-order valence-corrected chi connectivity index (χ2v) is 4.60. The van der Waals surface area contributed by atoms with Gasteiger partial charge in [0.15, 0.2) is 0 Å². The van der Waals surface area contributed by atoms with E-state index in [1.165, 1.54) is 11.8 Å². The smallest absolute Gasteiger partial charge is 0.294 e. The number of carbonyl (C=O) groups is 2. The molecule has 5 heteroatoms. The van der Waals surface area contributed by atoms with Gasteiger partial charge in [-0.15, -0.1) is 11.6 Å². The summed E-state index contributed by atoms with van der Waals surface area (Å²) >= 11 is 5.61. The third-order valence-electron chi connectivity index (χ3n) is 2.56. The lowest BCUT2D eigenvalue weighted by Crippen LogP contribution is -2.45. The van der Waals surface area contributed by atoms with Gasteiger partial charge in [-0.05, 0) is 32.4 Å². The van der Waals surface area contributed by atoms with Gasteiger partial charge in [0, 0.05) is 12.2 Å². The van der Waals surface area contributed by atoms with Crippen molar-refractivity contribution in [3.63, 3.8) is 0 Å². The van der Waals surface area contributed by atoms with E-state index in [1.54, 1.807) is 0 Å². The van der Waals surface area contributed by atoms with Gasteiger partial charge < -0.3 is 0 Å². The Balaban J connectivity index is 2.88. The first kappa shape index (κ1) is 14.5. The zero-order chi connectivity index (χ0) is 13.7. The number of nitrogens with one attached hydrogen (secondary N) is 1. The van der Waals surface area contributed by atoms with E-state index >= 15 is 0 Å². The topological polar surface area (TPSA) is 49.4 Å². The lowest BCUT2D eigenvalue weighted by Gasteiger charge is -2.23. The van der Waals surface area contributed by atoms with Gasteiger partial charge >= 0.3 is 6.03 Å². The highest BCUT2D eigenvalue weighted by Gasteiger charge is 2.19. The Morgan fingerprint density at radius 2 is 2.00 bits per heavy atom. The van der Waals surface area contributed by atoms with Crippen molar-refractivity contribution < 1.29 is 9.59 Å². The molecule has 0 radical (unpaired) electrons. The molecule has 1 N–H and O–H groups in total. The normalized spacial score (nSPS) is 11.8. The second-order valence-electron chi connectivity index (χ2n) is 3.94. The van der Waals surface area contributed by atoms with Crippen molar-refractivity contribution in [2.75, 3.05) is 11.4 Å². The van der Waals surface area contributed by atoms with Gasteiger partial charge in [-0.25, -0.2) is 4.79 Å². The zero-order valence-electron chi connectivity index (χ0n) is 10.7. The van der Waals surface area contributed by atoms with Gasteiger partial charge in [0.1, 0.15) is 5.38 Å². The Kier molecular flexibility index (Phi) is 5.16. The van der Waals surface area contributed by atoms with Gasteiger partial charge in [-0.1, -0.05) is 18.2 Å². The summed E-state index contributed by atoms with van der Waals surface area (Å²) in [4.78, 5) is 24.9. The number of rotatable bonds is 3. The summed E-state index contributed by atoms with van der Waals surface area (Å²) in [6.07, 6.45) is 0. The van der Waals surface area contributed by atoms with Crippen molar-refractivity contribution in [2.24, 2.45) is 0 Å². The highest BCUT2D eigenvalue weighted by Crippen LogP contribution is 2.19. The first-order valence-corrected chi connectivity index (χ1v) is 6.23. The van der Waals surface area contributed by atoms with Gasteiger partial charge in [0.2, 0.25) is 5.91 Å². The molecule has 0 bridgehead atoms. The molecule has 0 aliphatic carbocycles. The van der Waals surface area contributed by atoms with Gasteiger partial charge in [0.25, 0.3) is 0 Å². The molecular formula is C13H17ClN2O2. The second kappa shape index (κ2) is 6.40. The molecule has 1 rings (SSSR count). The van der Waals surface area contributed by atoms with Gasteiger partial charge in [-0.2, -0.15) is 0 Å². The molecule has 98 valence electrons. The minimum atomic E-state index is -0.732. The average molecular weight is 269 g/mol. The highest BCUT2D eigenvalue weighted by molar-refractivity contribution is 6.31. The first-order valence-electron chi connectivity index (χ1n) is 5.79. The van der Waals surface area contributed by atoms with E-state index in [1.807, 2.05) is 38.1 Å². The van der Waals surface area contributed by atoms with Crippen LogP contribution in [0.15, 0.2) is 24.3 Å². The van der Waals surface area contributed by atoms with E-state index in [-0.39, 0.29) is 0 Å². The predicted octanol–water partition coefficient (Wildman–Crippen LogP) is 2.68. The summed E-state index contributed by atoms with van der Waals surface area (Å²) in [5.74, 6) is -0.492. The van der Waals surface area contributed by atoms with E-state index in [4.69, 9.17) is 11.6 Å². The Bertz CT molecular complexity index is 446. The van der Waals surface area contributed by atoms with Crippen LogP contribution in [0.2, 0.25) is 0 Å². The van der Waals surface area contributed by atoms with E-state index in [0.717, 1.165) is 11.3 Å². The number of benzene rings is 1. The van der Waals surface area contributed by atoms with Crippen LogP contribution in [0, 0.1) is 6.92 Å². The Hall–Kier alpha value is -1.55. The van der Waals surface area contributed by atoms with Crippen molar-refractivity contribution in [3.05, 3.63) is 29.8 Å². The van der Waals surface area contributed by atoms with Crippen molar-refractivity contribution in [1.82, 2.24) is 5.32 Å². The maximum atomic E-state index is 12.0. The van der Waals surface area contributed by atoms with Crippen LogP contribution in [-0.4, -0.2) is 23.9 Å². The molecule has 18 heavy (non-hydrogen) atoms. The SMILES string of the molecule is CCN(C(=O)NC(=O)C(C)Cl)c1ccccc1C. The van der Waals surface area contributed by atoms with Crippen molar-refractivity contribution in [1.29, 1.82) is 0 Å². The van der Waals surface area contributed by atoms with E-state index < -0.39 is 17.3 Å². The van der Waals surface area contributed by atoms with Crippen LogP contribution in [0.3, 0.4) is 0 Å². The van der Waals surface area contributed by atoms with Crippen molar-refractivity contribution in [2.45, 2.75) is 26.1 Å². The van der Waals surface area contributed by atoms with E-state index in [9.17, 15) is 9.59 Å². The molecule has 0 saturated heterocycles. The number of halogens is 1. The summed E-state index contributed by atoms with van der Waals surface area (Å²) in [7, 11) is 0. The molecule has 0 heterocycles. The number of imide groups is 1. The molecule has 0 aliphatic heterocycles. The molecule has 0 aliphatic rings. The van der Waals surface area contributed by atoms with Crippen LogP contribution in [-0.2, 0) is 4.79 Å². The third kappa shape index (κ3) is 3.47. The quantitative estimate of drug-likeness (QED) is 0.857. The van der Waals surface area contributed by atoms with E-state index in [0.29, 0.717) is 6.54 Å². The molecular weight excluding hydrogens is 252 g/mol. The number of aryl methyl sites for hydroxylation is 1. The number of carbonyl (C=O) groups excluding carboxylic acids is 2. The number of urea groups is 1. The third-order valence-corrected chi connectivity index (χ3v) is 2.76. The minimum absolute atomic E-state index is 0.454. The van der Waals surface area contributed by atoms with Gasteiger partial charge in [-0.3, -0.25) is 15.0 Å². The largest absolute Gasteiger partial charge is 0.328 e. The predicted molar refractivity (Wildman–Crippen MR) is 73.1 cm³/mol. The van der Waals surface area contributed by atoms with Gasteiger partial charge in [0.05, 0.1) is 0 Å². The number of nitrogens with zero attached hydrogens (tertiary/aromatic N) is 1. The Morgan fingerprint density at radius 3 is 2.50 bits per heavy atom. The fourth-order valence-electron chi connectivity index (χ4n) is 1.56. The number of amides is 3. The summed E-state index contributed by atoms with van der Waals surface area (Å²) in [5.41, 5.74) is 1.76. The fraction of sp³-hybridized carbons (Fsp3) is 0.385. The molecule has 1 unspecified atom stereocenters. The lowest BCUT2D eigenvalue weighted by molar-refractivity contribution is -0.119. The molecule has 3 amide bonds. The number of anilines is 1. The molecule has 1 aromatic rings. The average Bonchev–Trinajstić information content (AvgIpc) is 2.32. The molecule has 1 aromatic carbocycles. The maximum Gasteiger partial charge on any atom is 0.328 e. The standard InChI is InChI=1S/C13H17ClN2O2/c1-4-16(11-8-6-5-7-9(11)2)13(18)15-12(17)10(3)14/h5-8,10H,4H2,1-3H3,(H,15,17,18). The number of alkyl halides is 1. The van der Waals surface area contributed by atoms with Crippen LogP contribution in [0.25, 0.3) is 0 Å². The Morgan fingerprint density at radius 1 is 1.39 bits per heavy atom. The Labute approximate surface area is 112 Å². The number of hydrogen-bond donors (Lipinski definition) is 1. The molecule has 0 fully saturated rings. The summed E-state index contributed by atoms with van der Waals surface area (Å²) in [6.45, 7) is 5.76. The number of hydrogen-bond acceptors (Lipinski definition) is 2. The molecule has 0 spiro atoms. The summed E-state index contributed by atoms with van der Waals surface area (Å²) in [6, 6.07) is 7.05. The minimum Gasteiger partial charge on any atom is -0.294 e.